The Hall–Kier alpha value is -0.370. The molecule has 0 bridgehead atoms. The molecule has 0 aromatic rings. The highest BCUT2D eigenvalue weighted by molar-refractivity contribution is 5.84. The molecule has 1 heterocycles. The molecular weight excluding hydrogens is 176 g/mol. The first-order valence-electron chi connectivity index (χ1n) is 5.62. The van der Waals surface area contributed by atoms with Gasteiger partial charge in [-0.25, -0.2) is 0 Å². The Balaban J connectivity index is 2.36. The molecule has 0 aromatic heterocycles. The zero-order valence-corrected chi connectivity index (χ0v) is 9.80. The van der Waals surface area contributed by atoms with Crippen molar-refractivity contribution in [1.82, 2.24) is 0 Å². The van der Waals surface area contributed by atoms with E-state index >= 15 is 0 Å². The minimum Gasteiger partial charge on any atom is -0.375 e. The van der Waals surface area contributed by atoms with Crippen LogP contribution in [0.25, 0.3) is 0 Å². The highest BCUT2D eigenvalue weighted by Crippen LogP contribution is 2.27. The molecule has 14 heavy (non-hydrogen) atoms. The first kappa shape index (κ1) is 11.7. The normalized spacial score (nSPS) is 28.0. The minimum absolute atomic E-state index is 0.187. The first-order valence-corrected chi connectivity index (χ1v) is 5.62. The summed E-state index contributed by atoms with van der Waals surface area (Å²) in [5.74, 6) is 0.319. The Kier molecular flexibility index (Phi) is 3.71. The number of Topliss-reactive ketones (excluding diaryl/α,β-unsaturated/α-hetero) is 1. The van der Waals surface area contributed by atoms with Crippen molar-refractivity contribution in [3.05, 3.63) is 0 Å². The third kappa shape index (κ3) is 3.09. The number of ketones is 1. The average molecular weight is 198 g/mol. The zero-order valence-electron chi connectivity index (χ0n) is 9.80. The van der Waals surface area contributed by atoms with Gasteiger partial charge in [0.25, 0.3) is 0 Å². The lowest BCUT2D eigenvalue weighted by atomic mass is 9.87. The largest absolute Gasteiger partial charge is 0.375 e. The van der Waals surface area contributed by atoms with Crippen LogP contribution in [-0.4, -0.2) is 18.0 Å². The predicted molar refractivity (Wildman–Crippen MR) is 57.3 cm³/mol. The molecule has 2 heteroatoms. The topological polar surface area (TPSA) is 26.3 Å². The number of rotatable bonds is 3. The fraction of sp³-hybridized carbons (Fsp3) is 0.917. The van der Waals surface area contributed by atoms with E-state index in [0.29, 0.717) is 18.3 Å². The second-order valence-corrected chi connectivity index (χ2v) is 5.24. The smallest absolute Gasteiger partial charge is 0.140 e. The molecule has 1 fully saturated rings. The molecule has 0 amide bonds. The van der Waals surface area contributed by atoms with Crippen molar-refractivity contribution < 1.29 is 9.53 Å². The van der Waals surface area contributed by atoms with Crippen molar-refractivity contribution in [3.8, 4) is 0 Å². The van der Waals surface area contributed by atoms with Crippen molar-refractivity contribution in [2.75, 3.05) is 0 Å². The maximum absolute atomic E-state index is 11.7. The van der Waals surface area contributed by atoms with Gasteiger partial charge in [-0.2, -0.15) is 0 Å². The van der Waals surface area contributed by atoms with Crippen LogP contribution in [-0.2, 0) is 9.53 Å². The van der Waals surface area contributed by atoms with Crippen LogP contribution in [0.1, 0.15) is 53.4 Å². The summed E-state index contributed by atoms with van der Waals surface area (Å²) in [7, 11) is 0. The molecule has 1 saturated heterocycles. The summed E-state index contributed by atoms with van der Waals surface area (Å²) < 4.78 is 5.76. The van der Waals surface area contributed by atoms with E-state index in [2.05, 4.69) is 6.92 Å². The lowest BCUT2D eigenvalue weighted by Crippen LogP contribution is -2.25. The maximum atomic E-state index is 11.7. The maximum Gasteiger partial charge on any atom is 0.140 e. The molecule has 0 saturated carbocycles. The third-order valence-corrected chi connectivity index (χ3v) is 2.90. The second kappa shape index (κ2) is 4.43. The van der Waals surface area contributed by atoms with Gasteiger partial charge in [-0.05, 0) is 19.3 Å². The van der Waals surface area contributed by atoms with Gasteiger partial charge in [-0.3, -0.25) is 4.79 Å². The van der Waals surface area contributed by atoms with Gasteiger partial charge in [0.05, 0.1) is 12.2 Å². The lowest BCUT2D eigenvalue weighted by Gasteiger charge is -2.19. The summed E-state index contributed by atoms with van der Waals surface area (Å²) in [6.45, 7) is 8.06. The minimum atomic E-state index is -0.215. The Morgan fingerprint density at radius 2 is 1.86 bits per heavy atom. The van der Waals surface area contributed by atoms with Gasteiger partial charge >= 0.3 is 0 Å². The van der Waals surface area contributed by atoms with E-state index in [1.807, 2.05) is 20.8 Å². The van der Waals surface area contributed by atoms with E-state index in [0.717, 1.165) is 19.3 Å². The molecule has 0 aliphatic carbocycles. The molecule has 0 spiro atoms. The van der Waals surface area contributed by atoms with E-state index < -0.39 is 0 Å². The number of hydrogen-bond acceptors (Lipinski definition) is 2. The van der Waals surface area contributed by atoms with Gasteiger partial charge in [0.15, 0.2) is 0 Å². The van der Waals surface area contributed by atoms with Crippen molar-refractivity contribution in [1.29, 1.82) is 0 Å². The third-order valence-electron chi connectivity index (χ3n) is 2.90. The van der Waals surface area contributed by atoms with Crippen LogP contribution in [0.15, 0.2) is 0 Å². The van der Waals surface area contributed by atoms with Crippen LogP contribution in [0.3, 0.4) is 0 Å². The summed E-state index contributed by atoms with van der Waals surface area (Å²) in [6, 6.07) is 0. The lowest BCUT2D eigenvalue weighted by molar-refractivity contribution is -0.129. The van der Waals surface area contributed by atoms with Crippen LogP contribution in [0.4, 0.5) is 0 Å². The summed E-state index contributed by atoms with van der Waals surface area (Å²) in [5, 5.41) is 0. The quantitative estimate of drug-likeness (QED) is 0.697. The van der Waals surface area contributed by atoms with Gasteiger partial charge in [0, 0.05) is 11.8 Å². The summed E-state index contributed by atoms with van der Waals surface area (Å²) in [4.78, 5) is 11.7. The fourth-order valence-corrected chi connectivity index (χ4v) is 1.74. The average Bonchev–Trinajstić information content (AvgIpc) is 2.50. The van der Waals surface area contributed by atoms with Crippen molar-refractivity contribution in [2.24, 2.45) is 5.41 Å². The first-order chi connectivity index (χ1) is 6.43. The van der Waals surface area contributed by atoms with Gasteiger partial charge in [0.1, 0.15) is 5.78 Å². The van der Waals surface area contributed by atoms with Crippen molar-refractivity contribution in [3.63, 3.8) is 0 Å². The van der Waals surface area contributed by atoms with Crippen LogP contribution >= 0.6 is 0 Å². The summed E-state index contributed by atoms with van der Waals surface area (Å²) in [6.07, 6.45) is 4.43. The molecule has 0 aromatic carbocycles. The zero-order chi connectivity index (χ0) is 10.8. The van der Waals surface area contributed by atoms with Crippen LogP contribution in [0.2, 0.25) is 0 Å². The monoisotopic (exact) mass is 198 g/mol. The Morgan fingerprint density at radius 1 is 1.29 bits per heavy atom. The van der Waals surface area contributed by atoms with E-state index in [1.54, 1.807) is 0 Å². The van der Waals surface area contributed by atoms with Gasteiger partial charge in [-0.1, -0.05) is 27.7 Å². The molecule has 2 nitrogen and oxygen atoms in total. The van der Waals surface area contributed by atoms with Gasteiger partial charge in [-0.15, -0.1) is 0 Å². The second-order valence-electron chi connectivity index (χ2n) is 5.24. The standard InChI is InChI=1S/C12H22O2/c1-5-9-6-7-10(14-9)8-11(13)12(2,3)4/h9-10H,5-8H2,1-4H3. The Morgan fingerprint density at radius 3 is 2.29 bits per heavy atom. The number of hydrogen-bond donors (Lipinski definition) is 0. The van der Waals surface area contributed by atoms with Crippen molar-refractivity contribution >= 4 is 5.78 Å². The number of carbonyl (C=O) groups is 1. The molecule has 1 rings (SSSR count). The summed E-state index contributed by atoms with van der Waals surface area (Å²) >= 11 is 0. The molecule has 1 aliphatic heterocycles. The molecule has 2 unspecified atom stereocenters. The highest BCUT2D eigenvalue weighted by Gasteiger charge is 2.29. The van der Waals surface area contributed by atoms with Gasteiger partial charge in [0.2, 0.25) is 0 Å². The molecule has 0 radical (unpaired) electrons. The van der Waals surface area contributed by atoms with Crippen molar-refractivity contribution in [2.45, 2.75) is 65.6 Å². The van der Waals surface area contributed by atoms with Crippen LogP contribution < -0.4 is 0 Å². The predicted octanol–water partition coefficient (Wildman–Crippen LogP) is 2.95. The molecule has 0 N–H and O–H groups in total. The van der Waals surface area contributed by atoms with Crippen LogP contribution in [0.5, 0.6) is 0 Å². The molecule has 2 atom stereocenters. The molecule has 1 aliphatic rings. The van der Waals surface area contributed by atoms with Gasteiger partial charge < -0.3 is 4.74 Å². The number of ether oxygens (including phenoxy) is 1. The molecular formula is C12H22O2. The van der Waals surface area contributed by atoms with E-state index in [9.17, 15) is 4.79 Å². The highest BCUT2D eigenvalue weighted by atomic mass is 16.5. The number of carbonyl (C=O) groups excluding carboxylic acids is 1. The van der Waals surface area contributed by atoms with Crippen LogP contribution in [0, 0.1) is 5.41 Å². The van der Waals surface area contributed by atoms with E-state index in [1.165, 1.54) is 0 Å². The fourth-order valence-electron chi connectivity index (χ4n) is 1.74. The Labute approximate surface area is 87.0 Å². The van der Waals surface area contributed by atoms with E-state index in [-0.39, 0.29) is 11.5 Å². The summed E-state index contributed by atoms with van der Waals surface area (Å²) in [5.41, 5.74) is -0.215. The van der Waals surface area contributed by atoms with E-state index in [4.69, 9.17) is 4.74 Å². The Bertz CT molecular complexity index is 203. The molecule has 82 valence electrons. The SMILES string of the molecule is CCC1CCC(CC(=O)C(C)(C)C)O1.